The second-order valence-corrected chi connectivity index (χ2v) is 6.08. The number of methoxy groups -OCH3 is 1. The van der Waals surface area contributed by atoms with Crippen LogP contribution in [-0.4, -0.2) is 53.9 Å². The molecule has 2 atom stereocenters. The number of aromatic hydroxyl groups is 1. The Bertz CT molecular complexity index is 552. The lowest BCUT2D eigenvalue weighted by Gasteiger charge is -2.28. The van der Waals surface area contributed by atoms with E-state index in [1.807, 2.05) is 0 Å². The smallest absolute Gasteiger partial charge is 0.243 e. The summed E-state index contributed by atoms with van der Waals surface area (Å²) in [6.07, 6.45) is 0. The number of amides is 2. The quantitative estimate of drug-likeness (QED) is 0.794. The van der Waals surface area contributed by atoms with Crippen LogP contribution in [0.5, 0.6) is 5.75 Å². The highest BCUT2D eigenvalue weighted by Crippen LogP contribution is 2.44. The summed E-state index contributed by atoms with van der Waals surface area (Å²) in [6.45, 7) is 2.27. The van der Waals surface area contributed by atoms with Crippen LogP contribution in [0.2, 0.25) is 0 Å². The first-order valence-electron chi connectivity index (χ1n) is 7.01. The molecule has 1 aliphatic rings. The molecule has 2 rings (SSSR count). The van der Waals surface area contributed by atoms with Gasteiger partial charge in [-0.1, -0.05) is 18.2 Å². The Morgan fingerprint density at radius 3 is 2.82 bits per heavy atom. The van der Waals surface area contributed by atoms with Gasteiger partial charge in [0.15, 0.2) is 0 Å². The minimum atomic E-state index is -0.538. The standard InChI is InChI=1S/C15H20N2O4S/c1-10(18)17-12(14(20)16-7-8-21-2)9-22-15(17)11-5-3-4-6-13(11)19/h3-6,12,15,19H,7-9H2,1-2H3,(H,16,20)/t12-,15-/m1/s1. The molecule has 0 unspecified atom stereocenters. The summed E-state index contributed by atoms with van der Waals surface area (Å²) in [7, 11) is 1.56. The lowest BCUT2D eigenvalue weighted by Crippen LogP contribution is -2.47. The van der Waals surface area contributed by atoms with Crippen LogP contribution in [0.4, 0.5) is 0 Å². The Balaban J connectivity index is 2.16. The van der Waals surface area contributed by atoms with Crippen molar-refractivity contribution in [3.63, 3.8) is 0 Å². The molecule has 0 aromatic heterocycles. The van der Waals surface area contributed by atoms with E-state index < -0.39 is 6.04 Å². The maximum Gasteiger partial charge on any atom is 0.243 e. The van der Waals surface area contributed by atoms with Gasteiger partial charge in [-0.05, 0) is 6.07 Å². The lowest BCUT2D eigenvalue weighted by atomic mass is 10.1. The third kappa shape index (κ3) is 3.53. The van der Waals surface area contributed by atoms with Crippen LogP contribution in [0.1, 0.15) is 17.9 Å². The molecule has 0 saturated carbocycles. The first-order chi connectivity index (χ1) is 10.6. The number of hydrogen-bond acceptors (Lipinski definition) is 5. The molecule has 1 fully saturated rings. The summed E-state index contributed by atoms with van der Waals surface area (Å²) in [4.78, 5) is 25.8. The van der Waals surface area contributed by atoms with Crippen LogP contribution in [0.15, 0.2) is 24.3 Å². The average molecular weight is 324 g/mol. The van der Waals surface area contributed by atoms with Crippen LogP contribution >= 0.6 is 11.8 Å². The first kappa shape index (κ1) is 16.6. The number of nitrogens with one attached hydrogen (secondary N) is 1. The summed E-state index contributed by atoms with van der Waals surface area (Å²) < 4.78 is 4.90. The van der Waals surface area contributed by atoms with E-state index in [2.05, 4.69) is 5.32 Å². The van der Waals surface area contributed by atoms with Gasteiger partial charge in [0.2, 0.25) is 11.8 Å². The van der Waals surface area contributed by atoms with Crippen LogP contribution in [0.3, 0.4) is 0 Å². The van der Waals surface area contributed by atoms with Gasteiger partial charge in [0.05, 0.1) is 6.61 Å². The van der Waals surface area contributed by atoms with E-state index in [-0.39, 0.29) is 22.9 Å². The topological polar surface area (TPSA) is 78.9 Å². The van der Waals surface area contributed by atoms with Crippen molar-refractivity contribution in [2.75, 3.05) is 26.0 Å². The normalized spacial score (nSPS) is 20.9. The number of nitrogens with zero attached hydrogens (tertiary/aromatic N) is 1. The number of ether oxygens (including phenoxy) is 1. The third-order valence-electron chi connectivity index (χ3n) is 3.47. The van der Waals surface area contributed by atoms with Gasteiger partial charge >= 0.3 is 0 Å². The van der Waals surface area contributed by atoms with E-state index in [4.69, 9.17) is 4.74 Å². The van der Waals surface area contributed by atoms with Gasteiger partial charge in [-0.3, -0.25) is 9.59 Å². The van der Waals surface area contributed by atoms with E-state index in [1.165, 1.54) is 23.6 Å². The number of carbonyl (C=O) groups is 2. The van der Waals surface area contributed by atoms with Crippen LogP contribution in [0.25, 0.3) is 0 Å². The van der Waals surface area contributed by atoms with Gasteiger partial charge in [-0.25, -0.2) is 0 Å². The van der Waals surface area contributed by atoms with Crippen LogP contribution < -0.4 is 5.32 Å². The predicted molar refractivity (Wildman–Crippen MR) is 84.5 cm³/mol. The molecule has 0 spiro atoms. The Labute approximate surface area is 133 Å². The fourth-order valence-corrected chi connectivity index (χ4v) is 3.93. The molecule has 1 saturated heterocycles. The first-order valence-corrected chi connectivity index (χ1v) is 8.06. The van der Waals surface area contributed by atoms with Crippen molar-refractivity contribution >= 4 is 23.6 Å². The van der Waals surface area contributed by atoms with E-state index in [9.17, 15) is 14.7 Å². The van der Waals surface area contributed by atoms with Gasteiger partial charge in [-0.15, -0.1) is 11.8 Å². The molecule has 2 amide bonds. The fourth-order valence-electron chi connectivity index (χ4n) is 2.42. The summed E-state index contributed by atoms with van der Waals surface area (Å²) in [6, 6.07) is 6.35. The number of benzene rings is 1. The number of hydrogen-bond donors (Lipinski definition) is 2. The van der Waals surface area contributed by atoms with Crippen LogP contribution in [0, 0.1) is 0 Å². The molecule has 0 radical (unpaired) electrons. The zero-order chi connectivity index (χ0) is 16.1. The molecule has 120 valence electrons. The van der Waals surface area contributed by atoms with E-state index in [0.717, 1.165) is 0 Å². The molecular formula is C15H20N2O4S. The molecule has 22 heavy (non-hydrogen) atoms. The Morgan fingerprint density at radius 1 is 1.45 bits per heavy atom. The van der Waals surface area contributed by atoms with E-state index >= 15 is 0 Å². The highest BCUT2D eigenvalue weighted by Gasteiger charge is 2.41. The second kappa shape index (κ2) is 7.51. The van der Waals surface area contributed by atoms with Gasteiger partial charge in [0, 0.05) is 31.9 Å². The summed E-state index contributed by atoms with van der Waals surface area (Å²) in [5, 5.41) is 12.4. The highest BCUT2D eigenvalue weighted by atomic mass is 32.2. The van der Waals surface area contributed by atoms with Crippen molar-refractivity contribution in [2.45, 2.75) is 18.3 Å². The molecular weight excluding hydrogens is 304 g/mol. The maximum absolute atomic E-state index is 12.3. The SMILES string of the molecule is COCCNC(=O)[C@H]1CS[C@H](c2ccccc2O)N1C(C)=O. The van der Waals surface area contributed by atoms with Crippen molar-refractivity contribution in [2.24, 2.45) is 0 Å². The Kier molecular flexibility index (Phi) is 5.68. The minimum Gasteiger partial charge on any atom is -0.508 e. The lowest BCUT2D eigenvalue weighted by molar-refractivity contribution is -0.138. The maximum atomic E-state index is 12.3. The van der Waals surface area contributed by atoms with Crippen molar-refractivity contribution in [3.05, 3.63) is 29.8 Å². The molecule has 1 heterocycles. The van der Waals surface area contributed by atoms with Crippen molar-refractivity contribution < 1.29 is 19.4 Å². The molecule has 0 bridgehead atoms. The largest absolute Gasteiger partial charge is 0.508 e. The third-order valence-corrected chi connectivity index (χ3v) is 4.78. The minimum absolute atomic E-state index is 0.131. The Hall–Kier alpha value is -1.73. The summed E-state index contributed by atoms with van der Waals surface area (Å²) in [5.41, 5.74) is 0.648. The predicted octanol–water partition coefficient (Wildman–Crippen LogP) is 1.12. The van der Waals surface area contributed by atoms with Crippen molar-refractivity contribution in [1.29, 1.82) is 0 Å². The van der Waals surface area contributed by atoms with Crippen molar-refractivity contribution in [1.82, 2.24) is 10.2 Å². The summed E-state index contributed by atoms with van der Waals surface area (Å²) in [5.74, 6) is 0.242. The van der Waals surface area contributed by atoms with Gasteiger partial charge in [0.25, 0.3) is 0 Å². The monoisotopic (exact) mass is 324 g/mol. The molecule has 6 nitrogen and oxygen atoms in total. The molecule has 7 heteroatoms. The summed E-state index contributed by atoms with van der Waals surface area (Å²) >= 11 is 1.47. The second-order valence-electron chi connectivity index (χ2n) is 4.97. The zero-order valence-electron chi connectivity index (χ0n) is 12.6. The number of carbonyl (C=O) groups excluding carboxylic acids is 2. The highest BCUT2D eigenvalue weighted by molar-refractivity contribution is 7.99. The fraction of sp³-hybridized carbons (Fsp3) is 0.467. The number of thioether (sulfide) groups is 1. The molecule has 2 N–H and O–H groups in total. The number of phenolic OH excluding ortho intramolecular Hbond substituents is 1. The molecule has 0 aliphatic carbocycles. The van der Waals surface area contributed by atoms with Gasteiger partial charge < -0.3 is 20.1 Å². The number of para-hydroxylation sites is 1. The number of phenols is 1. The number of rotatable bonds is 5. The molecule has 1 aromatic rings. The van der Waals surface area contributed by atoms with Gasteiger partial charge in [0.1, 0.15) is 17.2 Å². The average Bonchev–Trinajstić information content (AvgIpc) is 2.93. The Morgan fingerprint density at radius 2 is 2.18 bits per heavy atom. The van der Waals surface area contributed by atoms with Crippen molar-refractivity contribution in [3.8, 4) is 5.75 Å². The zero-order valence-corrected chi connectivity index (χ0v) is 13.4. The van der Waals surface area contributed by atoms with E-state index in [1.54, 1.807) is 31.4 Å². The molecule has 1 aromatic carbocycles. The molecule has 1 aliphatic heterocycles. The van der Waals surface area contributed by atoms with Crippen LogP contribution in [-0.2, 0) is 14.3 Å². The van der Waals surface area contributed by atoms with E-state index in [0.29, 0.717) is 24.5 Å². The van der Waals surface area contributed by atoms with Gasteiger partial charge in [-0.2, -0.15) is 0 Å².